The number of hydrogen-bond acceptors (Lipinski definition) is 2. The van der Waals surface area contributed by atoms with Crippen molar-refractivity contribution in [3.8, 4) is 0 Å². The van der Waals surface area contributed by atoms with Crippen molar-refractivity contribution in [2.75, 3.05) is 17.6 Å². The quantitative estimate of drug-likeness (QED) is 0.658. The van der Waals surface area contributed by atoms with E-state index in [0.717, 1.165) is 18.7 Å². The number of hydrogen-bond donors (Lipinski definition) is 2. The van der Waals surface area contributed by atoms with Crippen molar-refractivity contribution in [1.82, 2.24) is 0 Å². The first kappa shape index (κ1) is 12.6. The number of nitrogens with one attached hydrogen (secondary N) is 1. The van der Waals surface area contributed by atoms with Crippen LogP contribution >= 0.6 is 22.6 Å². The van der Waals surface area contributed by atoms with Gasteiger partial charge in [0, 0.05) is 21.5 Å². The molecule has 1 rings (SSSR count). The van der Waals surface area contributed by atoms with Gasteiger partial charge in [0.25, 0.3) is 0 Å². The summed E-state index contributed by atoms with van der Waals surface area (Å²) in [5.41, 5.74) is 8.07. The van der Waals surface area contributed by atoms with Gasteiger partial charge in [-0.2, -0.15) is 0 Å². The standard InChI is InChI=1S/C12H19IN2/c1-12(2,3)6-7-15-11-5-4-9(14)8-10(11)13/h4-5,8,15H,6-7,14H2,1-3H3. The molecule has 84 valence electrons. The predicted octanol–water partition coefficient (Wildman–Crippen LogP) is 3.72. The highest BCUT2D eigenvalue weighted by atomic mass is 127. The molecule has 0 saturated heterocycles. The van der Waals surface area contributed by atoms with Crippen molar-refractivity contribution in [2.24, 2.45) is 5.41 Å². The Bertz CT molecular complexity index is 329. The first-order valence-corrected chi connectivity index (χ1v) is 6.25. The molecule has 1 aromatic rings. The Hall–Kier alpha value is -0.450. The predicted molar refractivity (Wildman–Crippen MR) is 76.1 cm³/mol. The van der Waals surface area contributed by atoms with E-state index in [1.54, 1.807) is 0 Å². The van der Waals surface area contributed by atoms with Gasteiger partial charge in [0.1, 0.15) is 0 Å². The number of rotatable bonds is 3. The summed E-state index contributed by atoms with van der Waals surface area (Å²) in [6.45, 7) is 7.76. The van der Waals surface area contributed by atoms with E-state index in [9.17, 15) is 0 Å². The van der Waals surface area contributed by atoms with Crippen molar-refractivity contribution in [2.45, 2.75) is 27.2 Å². The van der Waals surface area contributed by atoms with Gasteiger partial charge in [-0.15, -0.1) is 0 Å². The minimum Gasteiger partial charge on any atom is -0.399 e. The molecule has 0 saturated carbocycles. The maximum Gasteiger partial charge on any atom is 0.0477 e. The van der Waals surface area contributed by atoms with Gasteiger partial charge < -0.3 is 11.1 Å². The van der Waals surface area contributed by atoms with E-state index >= 15 is 0 Å². The molecule has 0 fully saturated rings. The molecule has 0 aliphatic heterocycles. The molecule has 3 heteroatoms. The zero-order valence-electron chi connectivity index (χ0n) is 9.60. The number of nitrogens with two attached hydrogens (primary N) is 1. The Balaban J connectivity index is 2.51. The van der Waals surface area contributed by atoms with E-state index in [4.69, 9.17) is 5.73 Å². The molecule has 1 aromatic carbocycles. The maximum absolute atomic E-state index is 5.69. The van der Waals surface area contributed by atoms with Gasteiger partial charge >= 0.3 is 0 Å². The lowest BCUT2D eigenvalue weighted by atomic mass is 9.92. The molecule has 0 amide bonds. The summed E-state index contributed by atoms with van der Waals surface area (Å²) >= 11 is 2.30. The van der Waals surface area contributed by atoms with Crippen molar-refractivity contribution < 1.29 is 0 Å². The molecule has 0 spiro atoms. The average molecular weight is 318 g/mol. The minimum absolute atomic E-state index is 0.381. The molecule has 0 aromatic heterocycles. The third kappa shape index (κ3) is 4.73. The van der Waals surface area contributed by atoms with Gasteiger partial charge in [0.05, 0.1) is 0 Å². The minimum atomic E-state index is 0.381. The highest BCUT2D eigenvalue weighted by Crippen LogP contribution is 2.22. The molecule has 0 radical (unpaired) electrons. The van der Waals surface area contributed by atoms with Crippen molar-refractivity contribution in [3.63, 3.8) is 0 Å². The van der Waals surface area contributed by atoms with Crippen molar-refractivity contribution in [1.29, 1.82) is 0 Å². The van der Waals surface area contributed by atoms with E-state index in [2.05, 4.69) is 48.7 Å². The van der Waals surface area contributed by atoms with Crippen molar-refractivity contribution in [3.05, 3.63) is 21.8 Å². The van der Waals surface area contributed by atoms with Crippen LogP contribution in [-0.4, -0.2) is 6.54 Å². The molecule has 0 atom stereocenters. The molecule has 0 bridgehead atoms. The van der Waals surface area contributed by atoms with Gasteiger partial charge in [-0.25, -0.2) is 0 Å². The summed E-state index contributed by atoms with van der Waals surface area (Å²) in [6.07, 6.45) is 1.16. The lowest BCUT2D eigenvalue weighted by Crippen LogP contribution is -2.13. The van der Waals surface area contributed by atoms with Crippen LogP contribution in [0.1, 0.15) is 27.2 Å². The highest BCUT2D eigenvalue weighted by Gasteiger charge is 2.09. The van der Waals surface area contributed by atoms with Gasteiger partial charge in [0.15, 0.2) is 0 Å². The fraction of sp³-hybridized carbons (Fsp3) is 0.500. The molecule has 0 unspecified atom stereocenters. The summed E-state index contributed by atoms with van der Waals surface area (Å²) in [5.74, 6) is 0. The number of benzene rings is 1. The zero-order valence-corrected chi connectivity index (χ0v) is 11.8. The Labute approximate surface area is 106 Å². The molecular formula is C12H19IN2. The Morgan fingerprint density at radius 3 is 2.53 bits per heavy atom. The van der Waals surface area contributed by atoms with Crippen LogP contribution in [0.25, 0.3) is 0 Å². The van der Waals surface area contributed by atoms with Crippen LogP contribution in [0.3, 0.4) is 0 Å². The van der Waals surface area contributed by atoms with E-state index in [1.807, 2.05) is 18.2 Å². The summed E-state index contributed by atoms with van der Waals surface area (Å²) in [6, 6.07) is 5.96. The zero-order chi connectivity index (χ0) is 11.5. The Morgan fingerprint density at radius 1 is 1.33 bits per heavy atom. The molecular weight excluding hydrogens is 299 g/mol. The van der Waals surface area contributed by atoms with E-state index in [1.165, 1.54) is 9.26 Å². The monoisotopic (exact) mass is 318 g/mol. The first-order valence-electron chi connectivity index (χ1n) is 5.17. The summed E-state index contributed by atoms with van der Waals surface area (Å²) in [7, 11) is 0. The maximum atomic E-state index is 5.69. The van der Waals surface area contributed by atoms with Crippen molar-refractivity contribution >= 4 is 34.0 Å². The van der Waals surface area contributed by atoms with Gasteiger partial charge in [0.2, 0.25) is 0 Å². The fourth-order valence-electron chi connectivity index (χ4n) is 1.25. The van der Waals surface area contributed by atoms with E-state index in [0.29, 0.717) is 5.41 Å². The third-order valence-electron chi connectivity index (χ3n) is 2.18. The second-order valence-corrected chi connectivity index (χ2v) is 6.14. The van der Waals surface area contributed by atoms with Crippen LogP contribution in [0, 0.1) is 8.99 Å². The van der Waals surface area contributed by atoms with Crippen LogP contribution in [0.2, 0.25) is 0 Å². The molecule has 2 nitrogen and oxygen atoms in total. The Kier molecular flexibility index (Phi) is 4.25. The molecule has 3 N–H and O–H groups in total. The lowest BCUT2D eigenvalue weighted by Gasteiger charge is -2.19. The highest BCUT2D eigenvalue weighted by molar-refractivity contribution is 14.1. The van der Waals surface area contributed by atoms with Gasteiger partial charge in [-0.1, -0.05) is 20.8 Å². The molecule has 15 heavy (non-hydrogen) atoms. The number of nitrogen functional groups attached to an aromatic ring is 1. The van der Waals surface area contributed by atoms with E-state index < -0.39 is 0 Å². The molecule has 0 heterocycles. The first-order chi connectivity index (χ1) is 6.88. The fourth-order valence-corrected chi connectivity index (χ4v) is 1.98. The van der Waals surface area contributed by atoms with Gasteiger partial charge in [-0.3, -0.25) is 0 Å². The number of anilines is 2. The molecule has 0 aliphatic rings. The largest absolute Gasteiger partial charge is 0.399 e. The smallest absolute Gasteiger partial charge is 0.0477 e. The van der Waals surface area contributed by atoms with Crippen LogP contribution in [0.15, 0.2) is 18.2 Å². The Morgan fingerprint density at radius 2 is 2.00 bits per heavy atom. The topological polar surface area (TPSA) is 38.0 Å². The number of halogens is 1. The summed E-state index contributed by atoms with van der Waals surface area (Å²) in [5, 5.41) is 3.43. The van der Waals surface area contributed by atoms with Crippen LogP contribution in [0.5, 0.6) is 0 Å². The summed E-state index contributed by atoms with van der Waals surface area (Å²) < 4.78 is 1.18. The normalized spacial score (nSPS) is 11.5. The van der Waals surface area contributed by atoms with Gasteiger partial charge in [-0.05, 0) is 52.6 Å². The lowest BCUT2D eigenvalue weighted by molar-refractivity contribution is 0.390. The van der Waals surface area contributed by atoms with Crippen LogP contribution in [0.4, 0.5) is 11.4 Å². The van der Waals surface area contributed by atoms with E-state index in [-0.39, 0.29) is 0 Å². The third-order valence-corrected chi connectivity index (χ3v) is 3.08. The second kappa shape index (κ2) is 5.05. The SMILES string of the molecule is CC(C)(C)CCNc1ccc(N)cc1I. The average Bonchev–Trinajstić information content (AvgIpc) is 2.07. The van der Waals surface area contributed by atoms with Crippen LogP contribution < -0.4 is 11.1 Å². The summed E-state index contributed by atoms with van der Waals surface area (Å²) in [4.78, 5) is 0. The second-order valence-electron chi connectivity index (χ2n) is 4.98. The molecule has 0 aliphatic carbocycles. The van der Waals surface area contributed by atoms with Crippen LogP contribution in [-0.2, 0) is 0 Å².